The van der Waals surface area contributed by atoms with Gasteiger partial charge in [-0.15, -0.1) is 0 Å². The molecule has 2 fully saturated rings. The summed E-state index contributed by atoms with van der Waals surface area (Å²) in [5.41, 5.74) is 0.774. The predicted octanol–water partition coefficient (Wildman–Crippen LogP) is 2.18. The van der Waals surface area contributed by atoms with Gasteiger partial charge in [0.15, 0.2) is 0 Å². The Morgan fingerprint density at radius 1 is 1.19 bits per heavy atom. The highest BCUT2D eigenvalue weighted by Gasteiger charge is 2.43. The minimum Gasteiger partial charge on any atom is -0.465 e. The number of sulfonamides is 1. The fourth-order valence-electron chi connectivity index (χ4n) is 2.91. The van der Waals surface area contributed by atoms with Crippen LogP contribution in [0.25, 0.3) is 0 Å². The first-order valence-electron chi connectivity index (χ1n) is 7.70. The van der Waals surface area contributed by atoms with Crippen molar-refractivity contribution in [3.63, 3.8) is 0 Å². The molecule has 0 aliphatic heterocycles. The minimum atomic E-state index is -3.46. The SMILES string of the molecule is CNCc1c(C)oc(C)c1S(=O)(=O)N(CC1CC1)C1CC1. The zero-order valence-corrected chi connectivity index (χ0v) is 13.8. The average Bonchev–Trinajstić information content (AvgIpc) is 3.28. The van der Waals surface area contributed by atoms with E-state index >= 15 is 0 Å². The van der Waals surface area contributed by atoms with Gasteiger partial charge in [-0.1, -0.05) is 0 Å². The van der Waals surface area contributed by atoms with Crippen LogP contribution in [0.1, 0.15) is 42.8 Å². The van der Waals surface area contributed by atoms with E-state index < -0.39 is 10.0 Å². The van der Waals surface area contributed by atoms with Crippen molar-refractivity contribution in [2.24, 2.45) is 5.92 Å². The molecular weight excluding hydrogens is 288 g/mol. The van der Waals surface area contributed by atoms with Crippen molar-refractivity contribution in [2.75, 3.05) is 13.6 Å². The van der Waals surface area contributed by atoms with E-state index in [1.807, 2.05) is 14.0 Å². The van der Waals surface area contributed by atoms with Gasteiger partial charge in [-0.2, -0.15) is 4.31 Å². The first-order valence-corrected chi connectivity index (χ1v) is 9.14. The first kappa shape index (κ1) is 15.1. The van der Waals surface area contributed by atoms with E-state index in [0.717, 1.165) is 31.2 Å². The number of rotatable bonds is 7. The molecule has 0 saturated heterocycles. The molecule has 0 amide bonds. The van der Waals surface area contributed by atoms with Crippen LogP contribution >= 0.6 is 0 Å². The van der Waals surface area contributed by atoms with Gasteiger partial charge in [-0.25, -0.2) is 8.42 Å². The Balaban J connectivity index is 1.99. The largest absolute Gasteiger partial charge is 0.465 e. The van der Waals surface area contributed by atoms with Crippen LogP contribution in [0.3, 0.4) is 0 Å². The molecule has 5 nitrogen and oxygen atoms in total. The lowest BCUT2D eigenvalue weighted by Crippen LogP contribution is -2.35. The lowest BCUT2D eigenvalue weighted by atomic mass is 10.2. The van der Waals surface area contributed by atoms with E-state index in [1.54, 1.807) is 11.2 Å². The molecule has 3 rings (SSSR count). The zero-order chi connectivity index (χ0) is 15.2. The Hall–Kier alpha value is -0.850. The van der Waals surface area contributed by atoms with Gasteiger partial charge in [0.2, 0.25) is 10.0 Å². The molecule has 1 aromatic rings. The Labute approximate surface area is 126 Å². The molecule has 0 radical (unpaired) electrons. The van der Waals surface area contributed by atoms with Gasteiger partial charge in [-0.3, -0.25) is 0 Å². The molecule has 6 heteroatoms. The van der Waals surface area contributed by atoms with Crippen molar-refractivity contribution in [2.45, 2.75) is 57.0 Å². The standard InChI is InChI=1S/C15H24N2O3S/c1-10-14(8-16-3)15(11(2)20-10)21(18,19)17(13-6-7-13)9-12-4-5-12/h12-13,16H,4-9H2,1-3H3. The van der Waals surface area contributed by atoms with Crippen molar-refractivity contribution in [1.29, 1.82) is 0 Å². The van der Waals surface area contributed by atoms with Gasteiger partial charge in [0.05, 0.1) is 0 Å². The number of nitrogens with one attached hydrogen (secondary N) is 1. The van der Waals surface area contributed by atoms with Gasteiger partial charge in [0.25, 0.3) is 0 Å². The van der Waals surface area contributed by atoms with Crippen LogP contribution in [-0.4, -0.2) is 32.4 Å². The van der Waals surface area contributed by atoms with Crippen molar-refractivity contribution < 1.29 is 12.8 Å². The van der Waals surface area contributed by atoms with Crippen molar-refractivity contribution in [3.05, 3.63) is 17.1 Å². The maximum absolute atomic E-state index is 13.1. The smallest absolute Gasteiger partial charge is 0.247 e. The van der Waals surface area contributed by atoms with Crippen LogP contribution in [0, 0.1) is 19.8 Å². The Kier molecular flexibility index (Phi) is 3.88. The van der Waals surface area contributed by atoms with E-state index in [0.29, 0.717) is 35.4 Å². The first-order chi connectivity index (χ1) is 9.95. The molecule has 2 aliphatic rings. The quantitative estimate of drug-likeness (QED) is 0.838. The summed E-state index contributed by atoms with van der Waals surface area (Å²) in [6.45, 7) is 4.78. The highest BCUT2D eigenvalue weighted by molar-refractivity contribution is 7.89. The van der Waals surface area contributed by atoms with Crippen LogP contribution in [0.5, 0.6) is 0 Å². The van der Waals surface area contributed by atoms with Crippen LogP contribution in [0.2, 0.25) is 0 Å². The highest BCUT2D eigenvalue weighted by Crippen LogP contribution is 2.40. The summed E-state index contributed by atoms with van der Waals surface area (Å²) in [5, 5.41) is 3.04. The number of hydrogen-bond donors (Lipinski definition) is 1. The molecule has 0 unspecified atom stereocenters. The molecule has 0 bridgehead atoms. The van der Waals surface area contributed by atoms with Crippen molar-refractivity contribution >= 4 is 10.0 Å². The van der Waals surface area contributed by atoms with E-state index in [2.05, 4.69) is 5.32 Å². The fraction of sp³-hybridized carbons (Fsp3) is 0.733. The van der Waals surface area contributed by atoms with Crippen LogP contribution in [0.15, 0.2) is 9.31 Å². The zero-order valence-electron chi connectivity index (χ0n) is 13.0. The van der Waals surface area contributed by atoms with Gasteiger partial charge in [0, 0.05) is 24.7 Å². The van der Waals surface area contributed by atoms with Gasteiger partial charge < -0.3 is 9.73 Å². The second-order valence-corrected chi connectivity index (χ2v) is 8.13. The molecule has 0 aromatic carbocycles. The highest BCUT2D eigenvalue weighted by atomic mass is 32.2. The normalized spacial score (nSPS) is 19.4. The summed E-state index contributed by atoms with van der Waals surface area (Å²) in [6.07, 6.45) is 4.30. The maximum atomic E-state index is 13.1. The van der Waals surface area contributed by atoms with Gasteiger partial charge >= 0.3 is 0 Å². The average molecular weight is 312 g/mol. The summed E-state index contributed by atoms with van der Waals surface area (Å²) in [5.74, 6) is 1.77. The molecule has 1 heterocycles. The summed E-state index contributed by atoms with van der Waals surface area (Å²) >= 11 is 0. The fourth-order valence-corrected chi connectivity index (χ4v) is 5.08. The second kappa shape index (κ2) is 5.41. The Bertz CT molecular complexity index is 628. The second-order valence-electron chi connectivity index (χ2n) is 6.30. The summed E-state index contributed by atoms with van der Waals surface area (Å²) in [4.78, 5) is 0.391. The van der Waals surface area contributed by atoms with Gasteiger partial charge in [-0.05, 0) is 52.5 Å². The minimum absolute atomic E-state index is 0.202. The van der Waals surface area contributed by atoms with E-state index in [9.17, 15) is 8.42 Å². The number of hydrogen-bond acceptors (Lipinski definition) is 4. The molecule has 0 spiro atoms. The molecule has 21 heavy (non-hydrogen) atoms. The molecule has 1 N–H and O–H groups in total. The monoisotopic (exact) mass is 312 g/mol. The van der Waals surface area contributed by atoms with Crippen molar-refractivity contribution in [3.8, 4) is 0 Å². The molecular formula is C15H24N2O3S. The molecule has 118 valence electrons. The summed E-state index contributed by atoms with van der Waals surface area (Å²) < 4.78 is 33.6. The van der Waals surface area contributed by atoms with E-state index in [4.69, 9.17) is 4.42 Å². The van der Waals surface area contributed by atoms with Crippen LogP contribution in [-0.2, 0) is 16.6 Å². The Morgan fingerprint density at radius 2 is 1.86 bits per heavy atom. The topological polar surface area (TPSA) is 62.6 Å². The third kappa shape index (κ3) is 2.89. The maximum Gasteiger partial charge on any atom is 0.247 e. The summed E-state index contributed by atoms with van der Waals surface area (Å²) in [7, 11) is -1.64. The summed E-state index contributed by atoms with van der Waals surface area (Å²) in [6, 6.07) is 0.202. The number of aryl methyl sites for hydroxylation is 2. The third-order valence-corrected chi connectivity index (χ3v) is 6.45. The Morgan fingerprint density at radius 3 is 2.38 bits per heavy atom. The number of nitrogens with zero attached hydrogens (tertiary/aromatic N) is 1. The molecule has 1 aromatic heterocycles. The van der Waals surface area contributed by atoms with E-state index in [-0.39, 0.29) is 6.04 Å². The van der Waals surface area contributed by atoms with Crippen LogP contribution < -0.4 is 5.32 Å². The number of furan rings is 1. The van der Waals surface area contributed by atoms with Gasteiger partial charge in [0.1, 0.15) is 16.4 Å². The lowest BCUT2D eigenvalue weighted by molar-refractivity contribution is 0.387. The molecule has 0 atom stereocenters. The predicted molar refractivity (Wildman–Crippen MR) is 80.6 cm³/mol. The molecule has 2 saturated carbocycles. The van der Waals surface area contributed by atoms with E-state index in [1.165, 1.54) is 0 Å². The van der Waals surface area contributed by atoms with Crippen LogP contribution in [0.4, 0.5) is 0 Å². The van der Waals surface area contributed by atoms with Crippen molar-refractivity contribution in [1.82, 2.24) is 9.62 Å². The lowest BCUT2D eigenvalue weighted by Gasteiger charge is -2.22. The third-order valence-electron chi connectivity index (χ3n) is 4.33. The molecule has 2 aliphatic carbocycles.